The van der Waals surface area contributed by atoms with Crippen LogP contribution in [-0.4, -0.2) is 68.0 Å². The summed E-state index contributed by atoms with van der Waals surface area (Å²) >= 11 is 0. The van der Waals surface area contributed by atoms with Gasteiger partial charge in [-0.2, -0.15) is 0 Å². The molecule has 5 heterocycles. The fraction of sp³-hybridized carbons (Fsp3) is 0.179. The van der Waals surface area contributed by atoms with Crippen LogP contribution in [0.5, 0.6) is 0 Å². The van der Waals surface area contributed by atoms with Gasteiger partial charge < -0.3 is 19.2 Å². The van der Waals surface area contributed by atoms with E-state index in [2.05, 4.69) is 15.0 Å². The fourth-order valence-corrected chi connectivity index (χ4v) is 4.87. The predicted molar refractivity (Wildman–Crippen MR) is 137 cm³/mol. The molecule has 1 aliphatic rings. The van der Waals surface area contributed by atoms with Gasteiger partial charge in [-0.1, -0.05) is 24.3 Å². The largest absolute Gasteiger partial charge is 0.454 e. The number of H-pyrrole nitrogens is 1. The second-order valence-electron chi connectivity index (χ2n) is 9.08. The first-order valence-corrected chi connectivity index (χ1v) is 12.0. The molecule has 1 fully saturated rings. The highest BCUT2D eigenvalue weighted by atomic mass is 16.3. The van der Waals surface area contributed by atoms with Crippen molar-refractivity contribution in [3.8, 4) is 11.5 Å². The number of hydrogen-bond acceptors (Lipinski definition) is 6. The van der Waals surface area contributed by atoms with Crippen molar-refractivity contribution in [1.82, 2.24) is 24.8 Å². The summed E-state index contributed by atoms with van der Waals surface area (Å²) in [4.78, 5) is 54.3. The molecule has 0 saturated carbocycles. The standard InChI is InChI=1S/C28H23N5O4/c1-17-16-32(27(35)21-7-4-5-10-29-21)12-13-33(17)28(36)26(34)20-15-31-24-19(20)9-11-30-25(24)23-14-18-6-2-3-8-22(18)37-23/h2-11,14-15,17,31H,12-13,16H2,1H3/t17-/m0/s1. The Morgan fingerprint density at radius 1 is 1.00 bits per heavy atom. The third-order valence-corrected chi connectivity index (χ3v) is 6.76. The first kappa shape index (κ1) is 22.7. The number of nitrogens with zero attached hydrogens (tertiary/aromatic N) is 4. The van der Waals surface area contributed by atoms with Crippen LogP contribution in [0.4, 0.5) is 0 Å². The molecule has 1 aromatic carbocycles. The summed E-state index contributed by atoms with van der Waals surface area (Å²) in [6.45, 7) is 2.75. The lowest BCUT2D eigenvalue weighted by molar-refractivity contribution is -0.130. The SMILES string of the molecule is C[C@H]1CN(C(=O)c2ccccn2)CCN1C(=O)C(=O)c1c[nH]c2c(-c3cc4ccccc4o3)nccc12. The zero-order valence-corrected chi connectivity index (χ0v) is 20.0. The third-order valence-electron chi connectivity index (χ3n) is 6.76. The summed E-state index contributed by atoms with van der Waals surface area (Å²) in [6.07, 6.45) is 4.72. The lowest BCUT2D eigenvalue weighted by Crippen LogP contribution is -2.56. The molecular formula is C28H23N5O4. The monoisotopic (exact) mass is 493 g/mol. The lowest BCUT2D eigenvalue weighted by atomic mass is 10.1. The van der Waals surface area contributed by atoms with Crippen molar-refractivity contribution in [3.63, 3.8) is 0 Å². The van der Waals surface area contributed by atoms with Crippen LogP contribution in [0, 0.1) is 0 Å². The minimum Gasteiger partial charge on any atom is -0.454 e. The number of benzene rings is 1. The molecule has 2 amide bonds. The molecule has 0 unspecified atom stereocenters. The Morgan fingerprint density at radius 3 is 2.62 bits per heavy atom. The number of piperazine rings is 1. The normalized spacial score (nSPS) is 15.9. The highest BCUT2D eigenvalue weighted by Gasteiger charge is 2.34. The van der Waals surface area contributed by atoms with Gasteiger partial charge in [0.15, 0.2) is 5.76 Å². The molecule has 9 nitrogen and oxygen atoms in total. The minimum absolute atomic E-state index is 0.187. The number of carbonyl (C=O) groups excluding carboxylic acids is 3. The van der Waals surface area contributed by atoms with Crippen LogP contribution in [0.2, 0.25) is 0 Å². The quantitative estimate of drug-likeness (QED) is 0.300. The maximum absolute atomic E-state index is 13.3. The van der Waals surface area contributed by atoms with Gasteiger partial charge in [0.2, 0.25) is 0 Å². The number of amides is 2. The Bertz CT molecular complexity index is 1620. The Kier molecular flexibility index (Phi) is 5.52. The summed E-state index contributed by atoms with van der Waals surface area (Å²) in [5.41, 5.74) is 2.56. The molecule has 9 heteroatoms. The second kappa shape index (κ2) is 9.02. The summed E-state index contributed by atoms with van der Waals surface area (Å²) in [6, 6.07) is 16.1. The first-order valence-electron chi connectivity index (χ1n) is 12.0. The number of nitrogens with one attached hydrogen (secondary N) is 1. The first-order chi connectivity index (χ1) is 18.0. The average molecular weight is 494 g/mol. The Hall–Kier alpha value is -4.79. The number of rotatable bonds is 4. The summed E-state index contributed by atoms with van der Waals surface area (Å²) in [7, 11) is 0. The maximum atomic E-state index is 13.3. The van der Waals surface area contributed by atoms with E-state index in [9.17, 15) is 14.4 Å². The number of furan rings is 1. The van der Waals surface area contributed by atoms with Crippen LogP contribution in [0.15, 0.2) is 77.6 Å². The Balaban J connectivity index is 1.23. The van der Waals surface area contributed by atoms with Gasteiger partial charge in [-0.15, -0.1) is 0 Å². The summed E-state index contributed by atoms with van der Waals surface area (Å²) in [5.74, 6) is -0.820. The Morgan fingerprint density at radius 2 is 1.84 bits per heavy atom. The van der Waals surface area contributed by atoms with Gasteiger partial charge in [0.25, 0.3) is 17.6 Å². The molecule has 6 rings (SSSR count). The van der Waals surface area contributed by atoms with Gasteiger partial charge in [0.05, 0.1) is 11.1 Å². The number of fused-ring (bicyclic) bond motifs is 2. The number of para-hydroxylation sites is 1. The van der Waals surface area contributed by atoms with Crippen molar-refractivity contribution in [2.24, 2.45) is 0 Å². The molecule has 0 bridgehead atoms. The van der Waals surface area contributed by atoms with Crippen molar-refractivity contribution in [2.75, 3.05) is 19.6 Å². The van der Waals surface area contributed by atoms with Gasteiger partial charge in [-0.3, -0.25) is 24.4 Å². The summed E-state index contributed by atoms with van der Waals surface area (Å²) < 4.78 is 5.97. The molecule has 1 N–H and O–H groups in total. The van der Waals surface area contributed by atoms with E-state index in [1.165, 1.54) is 4.90 Å². The highest BCUT2D eigenvalue weighted by molar-refractivity contribution is 6.45. The molecule has 0 aliphatic carbocycles. The molecule has 184 valence electrons. The van der Waals surface area contributed by atoms with E-state index >= 15 is 0 Å². The number of aromatic amines is 1. The van der Waals surface area contributed by atoms with E-state index in [0.717, 1.165) is 11.0 Å². The molecule has 0 radical (unpaired) electrons. The molecule has 1 atom stereocenters. The number of carbonyl (C=O) groups is 3. The highest BCUT2D eigenvalue weighted by Crippen LogP contribution is 2.32. The average Bonchev–Trinajstić information content (AvgIpc) is 3.57. The predicted octanol–water partition coefficient (Wildman–Crippen LogP) is 3.93. The molecular weight excluding hydrogens is 470 g/mol. The third kappa shape index (κ3) is 3.94. The van der Waals surface area contributed by atoms with E-state index < -0.39 is 11.7 Å². The van der Waals surface area contributed by atoms with Crippen LogP contribution in [0.25, 0.3) is 33.3 Å². The van der Waals surface area contributed by atoms with E-state index in [1.54, 1.807) is 47.8 Å². The molecule has 4 aromatic heterocycles. The lowest BCUT2D eigenvalue weighted by Gasteiger charge is -2.39. The van der Waals surface area contributed by atoms with E-state index in [1.807, 2.05) is 37.3 Å². The van der Waals surface area contributed by atoms with Gasteiger partial charge in [-0.25, -0.2) is 0 Å². The van der Waals surface area contributed by atoms with E-state index in [4.69, 9.17) is 4.42 Å². The number of Topliss-reactive ketones (excluding diaryl/α,β-unsaturated/α-hetero) is 1. The van der Waals surface area contributed by atoms with Crippen LogP contribution in [0.3, 0.4) is 0 Å². The van der Waals surface area contributed by atoms with Gasteiger partial charge >= 0.3 is 0 Å². The zero-order valence-electron chi connectivity index (χ0n) is 20.0. The van der Waals surface area contributed by atoms with E-state index in [-0.39, 0.29) is 24.1 Å². The van der Waals surface area contributed by atoms with Crippen LogP contribution in [0.1, 0.15) is 27.8 Å². The molecule has 1 saturated heterocycles. The number of ketones is 1. The zero-order chi connectivity index (χ0) is 25.5. The van der Waals surface area contributed by atoms with Gasteiger partial charge in [0, 0.05) is 55.0 Å². The maximum Gasteiger partial charge on any atom is 0.295 e. The number of hydrogen-bond donors (Lipinski definition) is 1. The molecule has 0 spiro atoms. The van der Waals surface area contributed by atoms with Crippen LogP contribution in [-0.2, 0) is 4.79 Å². The van der Waals surface area contributed by atoms with Gasteiger partial charge in [-0.05, 0) is 37.3 Å². The van der Waals surface area contributed by atoms with Crippen molar-refractivity contribution >= 4 is 39.5 Å². The van der Waals surface area contributed by atoms with Crippen molar-refractivity contribution in [3.05, 3.63) is 84.4 Å². The number of pyridine rings is 2. The van der Waals surface area contributed by atoms with Crippen molar-refractivity contribution in [1.29, 1.82) is 0 Å². The minimum atomic E-state index is -0.607. The van der Waals surface area contributed by atoms with Gasteiger partial charge in [0.1, 0.15) is 17.0 Å². The summed E-state index contributed by atoms with van der Waals surface area (Å²) in [5, 5.41) is 1.55. The smallest absolute Gasteiger partial charge is 0.295 e. The van der Waals surface area contributed by atoms with E-state index in [0.29, 0.717) is 41.1 Å². The fourth-order valence-electron chi connectivity index (χ4n) is 4.87. The topological polar surface area (TPSA) is 112 Å². The Labute approximate surface area is 211 Å². The van der Waals surface area contributed by atoms with Crippen LogP contribution >= 0.6 is 0 Å². The van der Waals surface area contributed by atoms with Crippen molar-refractivity contribution < 1.29 is 18.8 Å². The molecule has 37 heavy (non-hydrogen) atoms. The van der Waals surface area contributed by atoms with Crippen LogP contribution < -0.4 is 0 Å². The molecule has 1 aliphatic heterocycles. The number of aromatic nitrogens is 3. The second-order valence-corrected chi connectivity index (χ2v) is 9.08. The molecule has 5 aromatic rings. The van der Waals surface area contributed by atoms with Crippen molar-refractivity contribution in [2.45, 2.75) is 13.0 Å².